The molecule has 0 unspecified atom stereocenters. The zero-order valence-corrected chi connectivity index (χ0v) is 11.7. The van der Waals surface area contributed by atoms with Crippen molar-refractivity contribution in [3.63, 3.8) is 0 Å². The van der Waals surface area contributed by atoms with E-state index in [1.807, 2.05) is 12.1 Å². The lowest BCUT2D eigenvalue weighted by Gasteiger charge is -2.16. The molecule has 0 radical (unpaired) electrons. The third-order valence-corrected chi connectivity index (χ3v) is 2.81. The number of amides is 1. The zero-order chi connectivity index (χ0) is 14.4. The number of hydrogen-bond donors (Lipinski definition) is 1. The smallest absolute Gasteiger partial charge is 0.312 e. The van der Waals surface area contributed by atoms with Crippen molar-refractivity contribution in [1.29, 1.82) is 0 Å². The maximum Gasteiger partial charge on any atom is 0.312 e. The number of carbonyl (C=O) groups excluding carboxylic acids is 1. The van der Waals surface area contributed by atoms with Gasteiger partial charge in [-0.3, -0.25) is 9.59 Å². The monoisotopic (exact) mass is 263 g/mol. The van der Waals surface area contributed by atoms with Crippen molar-refractivity contribution in [3.05, 3.63) is 35.4 Å². The van der Waals surface area contributed by atoms with Crippen LogP contribution in [-0.2, 0) is 22.6 Å². The number of nitrogens with zero attached hydrogens (tertiary/aromatic N) is 1. The van der Waals surface area contributed by atoms with Gasteiger partial charge in [-0.2, -0.15) is 0 Å². The molecule has 0 saturated heterocycles. The molecule has 0 aliphatic rings. The van der Waals surface area contributed by atoms with Gasteiger partial charge in [0.2, 0.25) is 5.91 Å². The second-order valence-electron chi connectivity index (χ2n) is 5.23. The Kier molecular flexibility index (Phi) is 5.55. The summed E-state index contributed by atoms with van der Waals surface area (Å²) in [6, 6.07) is 8.10. The molecule has 0 saturated carbocycles. The molecule has 1 aromatic rings. The fourth-order valence-corrected chi connectivity index (χ4v) is 1.88. The quantitative estimate of drug-likeness (QED) is 0.801. The molecule has 0 aliphatic heterocycles. The molecule has 0 aromatic heterocycles. The molecule has 0 aliphatic carbocycles. The third-order valence-electron chi connectivity index (χ3n) is 2.81. The van der Waals surface area contributed by atoms with Crippen LogP contribution in [0.3, 0.4) is 0 Å². The van der Waals surface area contributed by atoms with Gasteiger partial charge >= 0.3 is 5.97 Å². The molecule has 1 aromatic carbocycles. The summed E-state index contributed by atoms with van der Waals surface area (Å²) in [6.45, 7) is 4.78. The van der Waals surface area contributed by atoms with Gasteiger partial charge in [0.1, 0.15) is 6.42 Å². The number of aliphatic carboxylic acids is 1. The van der Waals surface area contributed by atoms with Crippen LogP contribution >= 0.6 is 0 Å². The molecule has 4 nitrogen and oxygen atoms in total. The summed E-state index contributed by atoms with van der Waals surface area (Å²) in [6.07, 6.45) is 0.579. The van der Waals surface area contributed by atoms with Crippen molar-refractivity contribution >= 4 is 11.9 Å². The molecule has 19 heavy (non-hydrogen) atoms. The Morgan fingerprint density at radius 1 is 1.16 bits per heavy atom. The topological polar surface area (TPSA) is 57.6 Å². The molecule has 1 rings (SSSR count). The first-order valence-electron chi connectivity index (χ1n) is 6.42. The van der Waals surface area contributed by atoms with Crippen LogP contribution < -0.4 is 0 Å². The molecule has 0 atom stereocenters. The van der Waals surface area contributed by atoms with Gasteiger partial charge in [-0.05, 0) is 23.5 Å². The lowest BCUT2D eigenvalue weighted by atomic mass is 10.0. The Balaban J connectivity index is 2.57. The molecule has 0 fully saturated rings. The maximum absolute atomic E-state index is 11.5. The highest BCUT2D eigenvalue weighted by Crippen LogP contribution is 2.11. The number of rotatable bonds is 6. The highest BCUT2D eigenvalue weighted by molar-refractivity contribution is 5.93. The average molecular weight is 263 g/mol. The van der Waals surface area contributed by atoms with Crippen LogP contribution in [0.5, 0.6) is 0 Å². The van der Waals surface area contributed by atoms with E-state index >= 15 is 0 Å². The summed E-state index contributed by atoms with van der Waals surface area (Å²) < 4.78 is 0. The Morgan fingerprint density at radius 3 is 2.16 bits per heavy atom. The first-order valence-corrected chi connectivity index (χ1v) is 6.42. The molecular formula is C15H21NO3. The first kappa shape index (κ1) is 15.2. The second-order valence-corrected chi connectivity index (χ2v) is 5.23. The Labute approximate surface area is 114 Å². The predicted octanol–water partition coefficient (Wildman–Crippen LogP) is 2.32. The Morgan fingerprint density at radius 2 is 1.68 bits per heavy atom. The van der Waals surface area contributed by atoms with E-state index in [0.717, 1.165) is 12.0 Å². The van der Waals surface area contributed by atoms with E-state index < -0.39 is 12.4 Å². The van der Waals surface area contributed by atoms with Crippen LogP contribution in [0, 0.1) is 5.92 Å². The van der Waals surface area contributed by atoms with E-state index in [1.54, 1.807) is 7.05 Å². The van der Waals surface area contributed by atoms with Crippen molar-refractivity contribution in [2.75, 3.05) is 7.05 Å². The minimum atomic E-state index is -1.09. The van der Waals surface area contributed by atoms with Crippen LogP contribution in [0.25, 0.3) is 0 Å². The van der Waals surface area contributed by atoms with Crippen LogP contribution in [0.2, 0.25) is 0 Å². The van der Waals surface area contributed by atoms with Gasteiger partial charge in [0.05, 0.1) is 0 Å². The third kappa shape index (κ3) is 5.55. The van der Waals surface area contributed by atoms with E-state index in [1.165, 1.54) is 10.5 Å². The summed E-state index contributed by atoms with van der Waals surface area (Å²) in [4.78, 5) is 23.4. The second kappa shape index (κ2) is 6.92. The Hall–Kier alpha value is -1.84. The van der Waals surface area contributed by atoms with Gasteiger partial charge in [0, 0.05) is 13.6 Å². The van der Waals surface area contributed by atoms with Gasteiger partial charge in [-0.15, -0.1) is 0 Å². The highest BCUT2D eigenvalue weighted by atomic mass is 16.4. The van der Waals surface area contributed by atoms with Gasteiger partial charge in [-0.1, -0.05) is 38.1 Å². The summed E-state index contributed by atoms with van der Waals surface area (Å²) in [5, 5.41) is 8.57. The van der Waals surface area contributed by atoms with E-state index in [-0.39, 0.29) is 5.91 Å². The highest BCUT2D eigenvalue weighted by Gasteiger charge is 2.13. The summed E-state index contributed by atoms with van der Waals surface area (Å²) in [5.74, 6) is -0.853. The van der Waals surface area contributed by atoms with E-state index in [4.69, 9.17) is 5.11 Å². The Bertz CT molecular complexity index is 437. The minimum absolute atomic E-state index is 0.376. The number of hydrogen-bond acceptors (Lipinski definition) is 2. The number of benzene rings is 1. The van der Waals surface area contributed by atoms with Gasteiger partial charge < -0.3 is 10.0 Å². The molecule has 0 spiro atoms. The fourth-order valence-electron chi connectivity index (χ4n) is 1.88. The molecule has 1 N–H and O–H groups in total. The lowest BCUT2D eigenvalue weighted by molar-refractivity contribution is -0.143. The molecule has 104 valence electrons. The fraction of sp³-hybridized carbons (Fsp3) is 0.467. The standard InChI is InChI=1S/C15H21NO3/c1-11(2)8-12-4-6-13(7-5-12)10-16(3)14(17)9-15(18)19/h4-7,11H,8-10H2,1-3H3,(H,18,19). The minimum Gasteiger partial charge on any atom is -0.481 e. The normalized spacial score (nSPS) is 10.5. The van der Waals surface area contributed by atoms with Crippen molar-refractivity contribution in [3.8, 4) is 0 Å². The van der Waals surface area contributed by atoms with Crippen LogP contribution in [0.1, 0.15) is 31.4 Å². The first-order chi connectivity index (χ1) is 8.88. The molecule has 4 heteroatoms. The largest absolute Gasteiger partial charge is 0.481 e. The zero-order valence-electron chi connectivity index (χ0n) is 11.7. The average Bonchev–Trinajstić information content (AvgIpc) is 2.30. The van der Waals surface area contributed by atoms with Gasteiger partial charge in [0.25, 0.3) is 0 Å². The van der Waals surface area contributed by atoms with E-state index in [9.17, 15) is 9.59 Å². The molecule has 1 amide bonds. The van der Waals surface area contributed by atoms with Gasteiger partial charge in [0.15, 0.2) is 0 Å². The summed E-state index contributed by atoms with van der Waals surface area (Å²) in [7, 11) is 1.62. The maximum atomic E-state index is 11.5. The van der Waals surface area contributed by atoms with Crippen molar-refractivity contribution < 1.29 is 14.7 Å². The number of carbonyl (C=O) groups is 2. The molecule has 0 bridgehead atoms. The van der Waals surface area contributed by atoms with Crippen molar-refractivity contribution in [2.45, 2.75) is 33.2 Å². The van der Waals surface area contributed by atoms with E-state index in [2.05, 4.69) is 26.0 Å². The van der Waals surface area contributed by atoms with Gasteiger partial charge in [-0.25, -0.2) is 0 Å². The predicted molar refractivity (Wildman–Crippen MR) is 73.7 cm³/mol. The number of carboxylic acid groups (broad SMARTS) is 1. The summed E-state index contributed by atoms with van der Waals surface area (Å²) >= 11 is 0. The molecular weight excluding hydrogens is 242 g/mol. The molecule has 0 heterocycles. The lowest BCUT2D eigenvalue weighted by Crippen LogP contribution is -2.28. The number of carboxylic acids is 1. The van der Waals surface area contributed by atoms with Crippen molar-refractivity contribution in [2.24, 2.45) is 5.92 Å². The summed E-state index contributed by atoms with van der Waals surface area (Å²) in [5.41, 5.74) is 2.28. The van der Waals surface area contributed by atoms with Crippen molar-refractivity contribution in [1.82, 2.24) is 4.90 Å². The van der Waals surface area contributed by atoms with E-state index in [0.29, 0.717) is 12.5 Å². The SMILES string of the molecule is CC(C)Cc1ccc(CN(C)C(=O)CC(=O)O)cc1. The van der Waals surface area contributed by atoms with Crippen LogP contribution in [0.15, 0.2) is 24.3 Å². The van der Waals surface area contributed by atoms with Crippen LogP contribution in [0.4, 0.5) is 0 Å². The van der Waals surface area contributed by atoms with Crippen LogP contribution in [-0.4, -0.2) is 28.9 Å².